The van der Waals surface area contributed by atoms with Gasteiger partial charge in [0.25, 0.3) is 5.56 Å². The molecule has 1 aliphatic rings. The number of aromatic nitrogens is 2. The minimum Gasteiger partial charge on any atom is -0.387 e. The summed E-state index contributed by atoms with van der Waals surface area (Å²) in [6.45, 7) is -0.721. The Hall–Kier alpha value is -1.82. The summed E-state index contributed by atoms with van der Waals surface area (Å²) in [6, 6.07) is 6.20. The molecule has 0 radical (unpaired) electrons. The fourth-order valence-corrected chi connectivity index (χ4v) is 3.24. The van der Waals surface area contributed by atoms with Crippen LogP contribution in [0.15, 0.2) is 40.1 Å². The topological polar surface area (TPSA) is 171 Å². The Labute approximate surface area is 162 Å². The lowest BCUT2D eigenvalue weighted by Gasteiger charge is -2.18. The Morgan fingerprint density at radius 3 is 2.43 bits per heavy atom. The summed E-state index contributed by atoms with van der Waals surface area (Å²) in [5, 5.41) is 20.7. The minimum atomic E-state index is -4.82. The summed E-state index contributed by atoms with van der Waals surface area (Å²) in [6.07, 6.45) is -4.79. The molecule has 11 nitrogen and oxygen atoms in total. The normalized spacial score (nSPS) is 25.2. The van der Waals surface area contributed by atoms with Crippen LogP contribution in [0.1, 0.15) is 6.23 Å². The number of rotatable bonds is 5. The first-order valence-corrected chi connectivity index (χ1v) is 9.81. The molecule has 152 valence electrons. The number of halogens is 1. The second-order valence-electron chi connectivity index (χ2n) is 6.05. The molecule has 1 aromatic heterocycles. The summed E-state index contributed by atoms with van der Waals surface area (Å²) in [5.74, 6) is 0. The van der Waals surface area contributed by atoms with Crippen LogP contribution in [0.25, 0.3) is 11.1 Å². The molecule has 0 bridgehead atoms. The average Bonchev–Trinajstić information content (AvgIpc) is 2.89. The van der Waals surface area contributed by atoms with Crippen LogP contribution >= 0.6 is 19.4 Å². The van der Waals surface area contributed by atoms with Crippen LogP contribution in [0, 0.1) is 0 Å². The van der Waals surface area contributed by atoms with E-state index in [0.717, 1.165) is 10.8 Å². The lowest BCUT2D eigenvalue weighted by molar-refractivity contribution is -0.0542. The van der Waals surface area contributed by atoms with E-state index in [-0.39, 0.29) is 5.56 Å². The highest BCUT2D eigenvalue weighted by Crippen LogP contribution is 2.38. The van der Waals surface area contributed by atoms with Crippen molar-refractivity contribution >= 4 is 19.4 Å². The zero-order valence-electron chi connectivity index (χ0n) is 14.0. The van der Waals surface area contributed by atoms with E-state index in [9.17, 15) is 24.4 Å². The maximum absolute atomic E-state index is 12.2. The number of nitrogens with zero attached hydrogens (tertiary/aromatic N) is 1. The number of aliphatic hydroxyl groups is 2. The third-order valence-corrected chi connectivity index (χ3v) is 4.88. The summed E-state index contributed by atoms with van der Waals surface area (Å²) >= 11 is 5.82. The van der Waals surface area contributed by atoms with Crippen LogP contribution in [0.3, 0.4) is 0 Å². The standard InChI is InChI=1S/C15H16ClN2O9P/c16-8-3-1-7(2-4-8)9-5-18(15(22)17-13(9)21)14-12(20)11(19)10(27-14)6-26-28(23,24)25/h1-5,10-12,14,19-20H,6H2,(H,17,21,22)(H2,23,24,25)/t10-,11-,12+,14-/m1/s1. The van der Waals surface area contributed by atoms with Gasteiger partial charge in [0.15, 0.2) is 6.23 Å². The van der Waals surface area contributed by atoms with Crippen LogP contribution < -0.4 is 11.2 Å². The zero-order valence-corrected chi connectivity index (χ0v) is 15.7. The van der Waals surface area contributed by atoms with Crippen molar-refractivity contribution in [1.82, 2.24) is 9.55 Å². The summed E-state index contributed by atoms with van der Waals surface area (Å²) < 4.78 is 21.3. The first-order chi connectivity index (χ1) is 13.1. The first kappa shape index (κ1) is 20.9. The number of ether oxygens (including phenoxy) is 1. The van der Waals surface area contributed by atoms with E-state index in [1.54, 1.807) is 24.3 Å². The molecule has 0 aliphatic carbocycles. The summed E-state index contributed by atoms with van der Waals surface area (Å²) in [4.78, 5) is 44.0. The van der Waals surface area contributed by atoms with E-state index in [2.05, 4.69) is 9.51 Å². The molecule has 1 fully saturated rings. The molecule has 0 spiro atoms. The molecule has 1 aliphatic heterocycles. The zero-order chi connectivity index (χ0) is 20.6. The van der Waals surface area contributed by atoms with E-state index in [1.165, 1.54) is 0 Å². The maximum atomic E-state index is 12.2. The highest BCUT2D eigenvalue weighted by atomic mass is 35.5. The van der Waals surface area contributed by atoms with Gasteiger partial charge < -0.3 is 24.7 Å². The number of nitrogens with one attached hydrogen (secondary N) is 1. The quantitative estimate of drug-likeness (QED) is 0.392. The molecule has 0 unspecified atom stereocenters. The number of hydrogen-bond donors (Lipinski definition) is 5. The monoisotopic (exact) mass is 434 g/mol. The SMILES string of the molecule is O=c1[nH]c(=O)n([C@@H]2O[C@H](COP(=O)(O)O)[C@@H](O)[C@@H]2O)cc1-c1ccc(Cl)cc1. The highest BCUT2D eigenvalue weighted by molar-refractivity contribution is 7.46. The van der Waals surface area contributed by atoms with Crippen molar-refractivity contribution in [3.63, 3.8) is 0 Å². The van der Waals surface area contributed by atoms with Crippen molar-refractivity contribution in [1.29, 1.82) is 0 Å². The van der Waals surface area contributed by atoms with E-state index in [1.807, 2.05) is 0 Å². The fourth-order valence-electron chi connectivity index (χ4n) is 2.78. The molecule has 2 heterocycles. The van der Waals surface area contributed by atoms with Gasteiger partial charge in [-0.1, -0.05) is 23.7 Å². The van der Waals surface area contributed by atoms with Crippen LogP contribution in [0.5, 0.6) is 0 Å². The Bertz CT molecular complexity index is 1020. The van der Waals surface area contributed by atoms with Crippen molar-refractivity contribution < 1.29 is 33.8 Å². The fraction of sp³-hybridized carbons (Fsp3) is 0.333. The third-order valence-electron chi connectivity index (χ3n) is 4.14. The van der Waals surface area contributed by atoms with Crippen LogP contribution in [0.2, 0.25) is 5.02 Å². The van der Waals surface area contributed by atoms with E-state index < -0.39 is 50.2 Å². The van der Waals surface area contributed by atoms with Crippen molar-refractivity contribution in [3.05, 3.63) is 56.3 Å². The van der Waals surface area contributed by atoms with Gasteiger partial charge in [0, 0.05) is 11.2 Å². The van der Waals surface area contributed by atoms with Gasteiger partial charge in [-0.15, -0.1) is 0 Å². The lowest BCUT2D eigenvalue weighted by atomic mass is 10.1. The van der Waals surface area contributed by atoms with E-state index in [0.29, 0.717) is 10.6 Å². The Balaban J connectivity index is 1.93. The van der Waals surface area contributed by atoms with Crippen molar-refractivity contribution in [2.75, 3.05) is 6.61 Å². The predicted molar refractivity (Wildman–Crippen MR) is 95.7 cm³/mol. The van der Waals surface area contributed by atoms with Gasteiger partial charge in [-0.2, -0.15) is 0 Å². The summed E-state index contributed by atoms with van der Waals surface area (Å²) in [7, 11) is -4.82. The van der Waals surface area contributed by atoms with Gasteiger partial charge in [-0.3, -0.25) is 18.9 Å². The van der Waals surface area contributed by atoms with Crippen LogP contribution in [-0.4, -0.2) is 54.5 Å². The molecule has 1 aromatic carbocycles. The second kappa shape index (κ2) is 7.90. The van der Waals surface area contributed by atoms with Crippen LogP contribution in [-0.2, 0) is 13.8 Å². The largest absolute Gasteiger partial charge is 0.469 e. The Kier molecular flexibility index (Phi) is 5.89. The molecule has 5 N–H and O–H groups in total. The Morgan fingerprint density at radius 1 is 1.18 bits per heavy atom. The third kappa shape index (κ3) is 4.43. The Morgan fingerprint density at radius 2 is 1.82 bits per heavy atom. The summed E-state index contributed by atoms with van der Waals surface area (Å²) in [5.41, 5.74) is -1.07. The van der Waals surface area contributed by atoms with Crippen molar-refractivity contribution in [2.45, 2.75) is 24.5 Å². The van der Waals surface area contributed by atoms with Gasteiger partial charge in [0.2, 0.25) is 0 Å². The second-order valence-corrected chi connectivity index (χ2v) is 7.72. The average molecular weight is 435 g/mol. The molecule has 28 heavy (non-hydrogen) atoms. The molecular formula is C15H16ClN2O9P. The van der Waals surface area contributed by atoms with Gasteiger partial charge in [-0.05, 0) is 17.7 Å². The smallest absolute Gasteiger partial charge is 0.387 e. The van der Waals surface area contributed by atoms with Crippen LogP contribution in [0.4, 0.5) is 0 Å². The number of H-pyrrole nitrogens is 1. The number of benzene rings is 1. The van der Waals surface area contributed by atoms with Gasteiger partial charge >= 0.3 is 13.5 Å². The molecular weight excluding hydrogens is 419 g/mol. The minimum absolute atomic E-state index is 0.0801. The number of hydrogen-bond acceptors (Lipinski definition) is 7. The van der Waals surface area contributed by atoms with Gasteiger partial charge in [0.1, 0.15) is 18.3 Å². The van der Waals surface area contributed by atoms with Gasteiger partial charge in [0.05, 0.1) is 12.2 Å². The van der Waals surface area contributed by atoms with E-state index >= 15 is 0 Å². The molecule has 3 rings (SSSR count). The van der Waals surface area contributed by atoms with Crippen molar-refractivity contribution in [2.24, 2.45) is 0 Å². The number of phosphoric ester groups is 1. The number of aromatic amines is 1. The molecule has 4 atom stereocenters. The maximum Gasteiger partial charge on any atom is 0.469 e. The number of phosphoric acid groups is 1. The molecule has 0 saturated carbocycles. The highest BCUT2D eigenvalue weighted by Gasteiger charge is 2.45. The van der Waals surface area contributed by atoms with Crippen molar-refractivity contribution in [3.8, 4) is 11.1 Å². The molecule has 1 saturated heterocycles. The molecule has 2 aromatic rings. The van der Waals surface area contributed by atoms with E-state index in [4.69, 9.17) is 26.1 Å². The predicted octanol–water partition coefficient (Wildman–Crippen LogP) is -0.414. The van der Waals surface area contributed by atoms with Gasteiger partial charge in [-0.25, -0.2) is 9.36 Å². The lowest BCUT2D eigenvalue weighted by Crippen LogP contribution is -2.38. The molecule has 13 heteroatoms. The number of aliphatic hydroxyl groups excluding tert-OH is 2. The first-order valence-electron chi connectivity index (χ1n) is 7.90. The molecule has 0 amide bonds.